The molecule has 4 nitrogen and oxygen atoms in total. The fraction of sp³-hybridized carbons (Fsp3) is 0.235. The molecule has 0 bridgehead atoms. The quantitative estimate of drug-likeness (QED) is 0.857. The van der Waals surface area contributed by atoms with Gasteiger partial charge in [0.25, 0.3) is 0 Å². The highest BCUT2D eigenvalue weighted by Gasteiger charge is 2.06. The Balaban J connectivity index is 1.85. The summed E-state index contributed by atoms with van der Waals surface area (Å²) in [5.74, 6) is 0.294. The molecular weight excluding hydrogens is 283 g/mol. The highest BCUT2D eigenvalue weighted by molar-refractivity contribution is 5.91. The fourth-order valence-corrected chi connectivity index (χ4v) is 2.08. The Hall–Kier alpha value is -2.56. The SMILES string of the molecule is COc1ccccc1NCCC(=O)Nc1ccc(F)cc1C. The van der Waals surface area contributed by atoms with E-state index in [0.29, 0.717) is 24.2 Å². The average Bonchev–Trinajstić information content (AvgIpc) is 2.50. The third-order valence-corrected chi connectivity index (χ3v) is 3.24. The summed E-state index contributed by atoms with van der Waals surface area (Å²) in [6, 6.07) is 11.8. The predicted octanol–water partition coefficient (Wildman–Crippen LogP) is 3.58. The van der Waals surface area contributed by atoms with Crippen LogP contribution in [0.4, 0.5) is 15.8 Å². The van der Waals surface area contributed by atoms with Crippen molar-refractivity contribution in [1.82, 2.24) is 0 Å². The van der Waals surface area contributed by atoms with Gasteiger partial charge in [-0.15, -0.1) is 0 Å². The Bertz CT molecular complexity index is 659. The largest absolute Gasteiger partial charge is 0.495 e. The third kappa shape index (κ3) is 4.22. The summed E-state index contributed by atoms with van der Waals surface area (Å²) in [7, 11) is 1.60. The normalized spacial score (nSPS) is 10.1. The van der Waals surface area contributed by atoms with E-state index in [1.807, 2.05) is 24.3 Å². The van der Waals surface area contributed by atoms with Gasteiger partial charge in [-0.3, -0.25) is 4.79 Å². The first-order chi connectivity index (χ1) is 10.6. The number of hydrogen-bond acceptors (Lipinski definition) is 3. The van der Waals surface area contributed by atoms with Crippen LogP contribution in [-0.4, -0.2) is 19.6 Å². The van der Waals surface area contributed by atoms with Crippen LogP contribution in [-0.2, 0) is 4.79 Å². The number of hydrogen-bond donors (Lipinski definition) is 2. The van der Waals surface area contributed by atoms with E-state index < -0.39 is 0 Å². The van der Waals surface area contributed by atoms with Crippen LogP contribution in [0.1, 0.15) is 12.0 Å². The van der Waals surface area contributed by atoms with E-state index in [-0.39, 0.29) is 11.7 Å². The van der Waals surface area contributed by atoms with Crippen molar-refractivity contribution in [2.24, 2.45) is 0 Å². The summed E-state index contributed by atoms with van der Waals surface area (Å²) in [5.41, 5.74) is 2.17. The number of anilines is 2. The second-order valence-electron chi connectivity index (χ2n) is 4.88. The van der Waals surface area contributed by atoms with E-state index in [9.17, 15) is 9.18 Å². The Morgan fingerprint density at radius 1 is 1.18 bits per heavy atom. The molecule has 116 valence electrons. The standard InChI is InChI=1S/C17H19FN2O2/c1-12-11-13(18)7-8-14(12)20-17(21)9-10-19-15-5-3-4-6-16(15)22-2/h3-8,11,19H,9-10H2,1-2H3,(H,20,21). The monoisotopic (exact) mass is 302 g/mol. The number of benzene rings is 2. The second-order valence-corrected chi connectivity index (χ2v) is 4.88. The highest BCUT2D eigenvalue weighted by atomic mass is 19.1. The summed E-state index contributed by atoms with van der Waals surface area (Å²) < 4.78 is 18.2. The number of nitrogens with one attached hydrogen (secondary N) is 2. The molecule has 0 atom stereocenters. The highest BCUT2D eigenvalue weighted by Crippen LogP contribution is 2.22. The molecule has 1 amide bonds. The number of carbonyl (C=O) groups is 1. The zero-order valence-electron chi connectivity index (χ0n) is 12.7. The molecule has 0 saturated heterocycles. The van der Waals surface area contributed by atoms with Gasteiger partial charge in [0.1, 0.15) is 11.6 Å². The zero-order valence-corrected chi connectivity index (χ0v) is 12.7. The molecule has 0 aliphatic rings. The minimum absolute atomic E-state index is 0.128. The molecular formula is C17H19FN2O2. The van der Waals surface area contributed by atoms with Crippen LogP contribution in [0.15, 0.2) is 42.5 Å². The minimum atomic E-state index is -0.312. The first kappa shape index (κ1) is 15.8. The fourth-order valence-electron chi connectivity index (χ4n) is 2.08. The summed E-state index contributed by atoms with van der Waals surface area (Å²) in [5, 5.41) is 5.93. The van der Waals surface area contributed by atoms with Crippen molar-refractivity contribution in [2.75, 3.05) is 24.3 Å². The smallest absolute Gasteiger partial charge is 0.226 e. The number of ether oxygens (including phenoxy) is 1. The molecule has 2 N–H and O–H groups in total. The van der Waals surface area contributed by atoms with E-state index in [1.54, 1.807) is 20.1 Å². The van der Waals surface area contributed by atoms with Crippen LogP contribution in [0.2, 0.25) is 0 Å². The van der Waals surface area contributed by atoms with Crippen molar-refractivity contribution < 1.29 is 13.9 Å². The maximum Gasteiger partial charge on any atom is 0.226 e. The maximum atomic E-state index is 13.0. The van der Waals surface area contributed by atoms with E-state index in [4.69, 9.17) is 4.74 Å². The third-order valence-electron chi connectivity index (χ3n) is 3.24. The Morgan fingerprint density at radius 2 is 1.95 bits per heavy atom. The summed E-state index contributed by atoms with van der Waals surface area (Å²) in [6.07, 6.45) is 0.300. The molecule has 0 unspecified atom stereocenters. The Labute approximate surface area is 129 Å². The van der Waals surface area contributed by atoms with Gasteiger partial charge in [0, 0.05) is 18.7 Å². The van der Waals surface area contributed by atoms with Gasteiger partial charge >= 0.3 is 0 Å². The van der Waals surface area contributed by atoms with Gasteiger partial charge in [-0.05, 0) is 42.8 Å². The lowest BCUT2D eigenvalue weighted by molar-refractivity contribution is -0.115. The van der Waals surface area contributed by atoms with Gasteiger partial charge in [0.05, 0.1) is 12.8 Å². The molecule has 0 fully saturated rings. The number of para-hydroxylation sites is 2. The molecule has 0 heterocycles. The van der Waals surface area contributed by atoms with Crippen molar-refractivity contribution in [1.29, 1.82) is 0 Å². The number of halogens is 1. The van der Waals surface area contributed by atoms with E-state index in [2.05, 4.69) is 10.6 Å². The number of rotatable bonds is 6. The Morgan fingerprint density at radius 3 is 2.68 bits per heavy atom. The zero-order chi connectivity index (χ0) is 15.9. The molecule has 0 aromatic heterocycles. The number of carbonyl (C=O) groups excluding carboxylic acids is 1. The van der Waals surface area contributed by atoms with Gasteiger partial charge < -0.3 is 15.4 Å². The van der Waals surface area contributed by atoms with Gasteiger partial charge in [0.15, 0.2) is 0 Å². The van der Waals surface area contributed by atoms with Gasteiger partial charge in [-0.1, -0.05) is 12.1 Å². The van der Waals surface area contributed by atoms with Crippen molar-refractivity contribution in [3.63, 3.8) is 0 Å². The van der Waals surface area contributed by atoms with Crippen molar-refractivity contribution in [2.45, 2.75) is 13.3 Å². The van der Waals surface area contributed by atoms with Crippen LogP contribution in [0.25, 0.3) is 0 Å². The second kappa shape index (κ2) is 7.45. The van der Waals surface area contributed by atoms with Crippen LogP contribution < -0.4 is 15.4 Å². The lowest BCUT2D eigenvalue weighted by Crippen LogP contribution is -2.17. The van der Waals surface area contributed by atoms with Gasteiger partial charge in [0.2, 0.25) is 5.91 Å². The van der Waals surface area contributed by atoms with Crippen molar-refractivity contribution in [3.8, 4) is 5.75 Å². The van der Waals surface area contributed by atoms with Gasteiger partial charge in [-0.2, -0.15) is 0 Å². The topological polar surface area (TPSA) is 50.4 Å². The summed E-state index contributed by atoms with van der Waals surface area (Å²) >= 11 is 0. The lowest BCUT2D eigenvalue weighted by Gasteiger charge is -2.11. The van der Waals surface area contributed by atoms with E-state index >= 15 is 0 Å². The molecule has 0 spiro atoms. The van der Waals surface area contributed by atoms with Crippen LogP contribution >= 0.6 is 0 Å². The molecule has 22 heavy (non-hydrogen) atoms. The average molecular weight is 302 g/mol. The summed E-state index contributed by atoms with van der Waals surface area (Å²) in [4.78, 5) is 11.9. The van der Waals surface area contributed by atoms with Gasteiger partial charge in [-0.25, -0.2) is 4.39 Å². The maximum absolute atomic E-state index is 13.0. The first-order valence-corrected chi connectivity index (χ1v) is 7.03. The van der Waals surface area contributed by atoms with Crippen LogP contribution in [0.3, 0.4) is 0 Å². The van der Waals surface area contributed by atoms with E-state index in [0.717, 1.165) is 11.4 Å². The summed E-state index contributed by atoms with van der Waals surface area (Å²) in [6.45, 7) is 2.23. The van der Waals surface area contributed by atoms with Crippen molar-refractivity contribution in [3.05, 3.63) is 53.8 Å². The first-order valence-electron chi connectivity index (χ1n) is 7.03. The molecule has 2 rings (SSSR count). The van der Waals surface area contributed by atoms with Crippen LogP contribution in [0.5, 0.6) is 5.75 Å². The number of methoxy groups -OCH3 is 1. The van der Waals surface area contributed by atoms with Crippen LogP contribution in [0, 0.1) is 12.7 Å². The number of amides is 1. The molecule has 2 aromatic rings. The molecule has 2 aromatic carbocycles. The number of aryl methyl sites for hydroxylation is 1. The van der Waals surface area contributed by atoms with Crippen molar-refractivity contribution >= 4 is 17.3 Å². The molecule has 0 saturated carbocycles. The predicted molar refractivity (Wildman–Crippen MR) is 85.9 cm³/mol. The van der Waals surface area contributed by atoms with E-state index in [1.165, 1.54) is 12.1 Å². The molecule has 5 heteroatoms. The Kier molecular flexibility index (Phi) is 5.36. The minimum Gasteiger partial charge on any atom is -0.495 e. The molecule has 0 aliphatic carbocycles. The lowest BCUT2D eigenvalue weighted by atomic mass is 10.2. The molecule has 0 radical (unpaired) electrons. The molecule has 0 aliphatic heterocycles.